The summed E-state index contributed by atoms with van der Waals surface area (Å²) < 4.78 is 5.33. The topological polar surface area (TPSA) is 71.3 Å². The van der Waals surface area contributed by atoms with Gasteiger partial charge in [-0.15, -0.1) is 12.4 Å². The number of piperazine rings is 1. The van der Waals surface area contributed by atoms with Crippen LogP contribution >= 0.6 is 12.4 Å². The van der Waals surface area contributed by atoms with Gasteiger partial charge in [-0.2, -0.15) is 4.98 Å². The summed E-state index contributed by atoms with van der Waals surface area (Å²) in [6, 6.07) is 7.35. The van der Waals surface area contributed by atoms with Crippen molar-refractivity contribution in [1.29, 1.82) is 0 Å². The number of rotatable bonds is 2. The molecular weight excluding hydrogens is 328 g/mol. The third kappa shape index (κ3) is 3.94. The molecule has 3 rings (SSSR count). The van der Waals surface area contributed by atoms with Crippen LogP contribution in [0.4, 0.5) is 0 Å². The van der Waals surface area contributed by atoms with Gasteiger partial charge in [0.25, 0.3) is 11.8 Å². The van der Waals surface area contributed by atoms with Gasteiger partial charge < -0.3 is 14.7 Å². The summed E-state index contributed by atoms with van der Waals surface area (Å²) in [6.07, 6.45) is 0. The number of hydrogen-bond acceptors (Lipinski definition) is 5. The fraction of sp³-hybridized carbons (Fsp3) is 0.471. The Morgan fingerprint density at radius 2 is 1.79 bits per heavy atom. The van der Waals surface area contributed by atoms with Crippen molar-refractivity contribution in [2.24, 2.45) is 0 Å². The van der Waals surface area contributed by atoms with Crippen LogP contribution in [0.3, 0.4) is 0 Å². The Labute approximate surface area is 148 Å². The SMILES string of the molecule is CC(C)(C)c1noc(-c2ccc(C(=O)N3CCNCC3)cc2)n1.Cl. The van der Waals surface area contributed by atoms with Crippen LogP contribution < -0.4 is 5.32 Å². The summed E-state index contributed by atoms with van der Waals surface area (Å²) in [5, 5.41) is 7.27. The van der Waals surface area contributed by atoms with Crippen LogP contribution in [0.25, 0.3) is 11.5 Å². The van der Waals surface area contributed by atoms with Gasteiger partial charge in [-0.3, -0.25) is 4.79 Å². The summed E-state index contributed by atoms with van der Waals surface area (Å²) in [7, 11) is 0. The van der Waals surface area contributed by atoms with E-state index in [-0.39, 0.29) is 23.7 Å². The van der Waals surface area contributed by atoms with E-state index >= 15 is 0 Å². The third-order valence-corrected chi connectivity index (χ3v) is 3.88. The molecule has 1 aromatic heterocycles. The van der Waals surface area contributed by atoms with E-state index in [9.17, 15) is 4.79 Å². The molecule has 0 atom stereocenters. The molecule has 1 saturated heterocycles. The minimum atomic E-state index is -0.153. The van der Waals surface area contributed by atoms with Gasteiger partial charge in [0.05, 0.1) is 0 Å². The first-order valence-electron chi connectivity index (χ1n) is 7.90. The monoisotopic (exact) mass is 350 g/mol. The second-order valence-corrected chi connectivity index (χ2v) is 6.79. The van der Waals surface area contributed by atoms with E-state index in [0.29, 0.717) is 17.3 Å². The minimum Gasteiger partial charge on any atom is -0.336 e. The van der Waals surface area contributed by atoms with Crippen LogP contribution in [0.2, 0.25) is 0 Å². The quantitative estimate of drug-likeness (QED) is 0.901. The van der Waals surface area contributed by atoms with Crippen molar-refractivity contribution in [1.82, 2.24) is 20.4 Å². The number of benzene rings is 1. The first kappa shape index (κ1) is 18.4. The summed E-state index contributed by atoms with van der Waals surface area (Å²) in [6.45, 7) is 9.31. The molecule has 2 heterocycles. The number of carbonyl (C=O) groups excluding carboxylic acids is 1. The summed E-state index contributed by atoms with van der Waals surface area (Å²) in [4.78, 5) is 18.7. The lowest BCUT2D eigenvalue weighted by Crippen LogP contribution is -2.46. The second-order valence-electron chi connectivity index (χ2n) is 6.79. The molecule has 1 amide bonds. The van der Waals surface area contributed by atoms with Gasteiger partial charge in [-0.05, 0) is 24.3 Å². The molecule has 0 aliphatic carbocycles. The van der Waals surface area contributed by atoms with Crippen LogP contribution in [-0.4, -0.2) is 47.1 Å². The molecule has 0 radical (unpaired) electrons. The van der Waals surface area contributed by atoms with Gasteiger partial charge in [-0.1, -0.05) is 25.9 Å². The molecule has 0 spiro atoms. The van der Waals surface area contributed by atoms with E-state index in [1.54, 1.807) is 0 Å². The zero-order valence-corrected chi connectivity index (χ0v) is 15.0. The normalized spacial score (nSPS) is 15.0. The van der Waals surface area contributed by atoms with Gasteiger partial charge in [-0.25, -0.2) is 0 Å². The predicted molar refractivity (Wildman–Crippen MR) is 94.5 cm³/mol. The average molecular weight is 351 g/mol. The van der Waals surface area contributed by atoms with E-state index in [4.69, 9.17) is 4.52 Å². The number of aromatic nitrogens is 2. The second kappa shape index (κ2) is 7.32. The van der Waals surface area contributed by atoms with Gasteiger partial charge in [0, 0.05) is 42.7 Å². The van der Waals surface area contributed by atoms with Crippen molar-refractivity contribution in [3.05, 3.63) is 35.7 Å². The predicted octanol–water partition coefficient (Wildman–Crippen LogP) is 2.50. The molecule has 7 heteroatoms. The van der Waals surface area contributed by atoms with E-state index < -0.39 is 0 Å². The molecule has 24 heavy (non-hydrogen) atoms. The number of hydrogen-bond donors (Lipinski definition) is 1. The molecule has 1 aliphatic rings. The number of halogens is 1. The molecule has 1 aromatic carbocycles. The molecule has 0 unspecified atom stereocenters. The van der Waals surface area contributed by atoms with Crippen LogP contribution in [0.15, 0.2) is 28.8 Å². The standard InChI is InChI=1S/C17H22N4O2.ClH/c1-17(2,3)16-19-14(23-20-16)12-4-6-13(7-5-12)15(22)21-10-8-18-9-11-21;/h4-7,18H,8-11H2,1-3H3;1H. The Balaban J connectivity index is 0.00000208. The van der Waals surface area contributed by atoms with Crippen LogP contribution in [-0.2, 0) is 5.41 Å². The van der Waals surface area contributed by atoms with Crippen LogP contribution in [0, 0.1) is 0 Å². The fourth-order valence-electron chi connectivity index (χ4n) is 2.45. The Hall–Kier alpha value is -1.92. The van der Waals surface area contributed by atoms with E-state index in [0.717, 1.165) is 31.7 Å². The lowest BCUT2D eigenvalue weighted by Gasteiger charge is -2.27. The van der Waals surface area contributed by atoms with Crippen molar-refractivity contribution in [3.63, 3.8) is 0 Å². The Morgan fingerprint density at radius 1 is 1.17 bits per heavy atom. The Bertz CT molecular complexity index is 685. The van der Waals surface area contributed by atoms with Crippen molar-refractivity contribution in [2.45, 2.75) is 26.2 Å². The minimum absolute atomic E-state index is 0. The van der Waals surface area contributed by atoms with Crippen molar-refractivity contribution in [3.8, 4) is 11.5 Å². The van der Waals surface area contributed by atoms with Crippen molar-refractivity contribution < 1.29 is 9.32 Å². The molecule has 0 saturated carbocycles. The summed E-state index contributed by atoms with van der Waals surface area (Å²) >= 11 is 0. The molecule has 0 bridgehead atoms. The average Bonchev–Trinajstić information content (AvgIpc) is 3.05. The van der Waals surface area contributed by atoms with E-state index in [2.05, 4.69) is 15.5 Å². The highest BCUT2D eigenvalue weighted by Gasteiger charge is 2.22. The van der Waals surface area contributed by atoms with Gasteiger partial charge >= 0.3 is 0 Å². The molecule has 6 nitrogen and oxygen atoms in total. The lowest BCUT2D eigenvalue weighted by molar-refractivity contribution is 0.0736. The van der Waals surface area contributed by atoms with Crippen molar-refractivity contribution in [2.75, 3.05) is 26.2 Å². The maximum absolute atomic E-state index is 12.4. The molecule has 1 N–H and O–H groups in total. The van der Waals surface area contributed by atoms with Crippen LogP contribution in [0.5, 0.6) is 0 Å². The van der Waals surface area contributed by atoms with Gasteiger partial charge in [0.15, 0.2) is 5.82 Å². The summed E-state index contributed by atoms with van der Waals surface area (Å²) in [5.41, 5.74) is 1.36. The summed E-state index contributed by atoms with van der Waals surface area (Å²) in [5.74, 6) is 1.23. The Morgan fingerprint density at radius 3 is 2.33 bits per heavy atom. The number of nitrogens with one attached hydrogen (secondary N) is 1. The fourth-order valence-corrected chi connectivity index (χ4v) is 2.45. The maximum atomic E-state index is 12.4. The van der Waals surface area contributed by atoms with E-state index in [1.165, 1.54) is 0 Å². The smallest absolute Gasteiger partial charge is 0.257 e. The van der Waals surface area contributed by atoms with Crippen molar-refractivity contribution >= 4 is 18.3 Å². The highest BCUT2D eigenvalue weighted by Crippen LogP contribution is 2.24. The molecular formula is C17H23ClN4O2. The highest BCUT2D eigenvalue weighted by atomic mass is 35.5. The lowest BCUT2D eigenvalue weighted by atomic mass is 9.96. The maximum Gasteiger partial charge on any atom is 0.257 e. The molecule has 130 valence electrons. The highest BCUT2D eigenvalue weighted by molar-refractivity contribution is 5.94. The van der Waals surface area contributed by atoms with Gasteiger partial charge in [0.2, 0.25) is 0 Å². The number of amides is 1. The van der Waals surface area contributed by atoms with Crippen LogP contribution in [0.1, 0.15) is 37.0 Å². The van der Waals surface area contributed by atoms with Gasteiger partial charge in [0.1, 0.15) is 0 Å². The first-order chi connectivity index (χ1) is 10.9. The Kier molecular flexibility index (Phi) is 5.62. The zero-order chi connectivity index (χ0) is 16.4. The largest absolute Gasteiger partial charge is 0.336 e. The molecule has 1 aliphatic heterocycles. The molecule has 2 aromatic rings. The third-order valence-electron chi connectivity index (χ3n) is 3.88. The number of nitrogens with zero attached hydrogens (tertiary/aromatic N) is 3. The first-order valence-corrected chi connectivity index (χ1v) is 7.90. The molecule has 1 fully saturated rings. The number of carbonyl (C=O) groups is 1. The van der Waals surface area contributed by atoms with E-state index in [1.807, 2.05) is 49.9 Å². The zero-order valence-electron chi connectivity index (χ0n) is 14.2.